The van der Waals surface area contributed by atoms with Crippen molar-refractivity contribution in [2.75, 3.05) is 19.4 Å². The highest BCUT2D eigenvalue weighted by atomic mass is 32.2. The van der Waals surface area contributed by atoms with Crippen molar-refractivity contribution in [2.24, 2.45) is 0 Å². The van der Waals surface area contributed by atoms with Gasteiger partial charge >= 0.3 is 6.01 Å². The number of carbonyl (C=O) groups is 1. The van der Waals surface area contributed by atoms with Crippen LogP contribution in [-0.4, -0.2) is 42.9 Å². The fourth-order valence-corrected chi connectivity index (χ4v) is 3.22. The molecule has 0 atom stereocenters. The van der Waals surface area contributed by atoms with Crippen molar-refractivity contribution in [1.82, 2.24) is 14.5 Å². The standard InChI is InChI=1S/C18H17FN4O4S/c1-23(2)28(25,26)15-9-5-13(6-10-15)17-21-22-18(27-17)20-16(24)11-12-3-7-14(19)8-4-12/h3-10H,11H2,1-2H3,(H,20,22,24). The van der Waals surface area contributed by atoms with Crippen molar-refractivity contribution in [3.63, 3.8) is 0 Å². The summed E-state index contributed by atoms with van der Waals surface area (Å²) in [4.78, 5) is 12.2. The first-order chi connectivity index (χ1) is 13.3. The molecule has 146 valence electrons. The van der Waals surface area contributed by atoms with Crippen molar-refractivity contribution >= 4 is 21.9 Å². The van der Waals surface area contributed by atoms with E-state index in [-0.39, 0.29) is 29.0 Å². The molecular weight excluding hydrogens is 387 g/mol. The molecule has 0 saturated carbocycles. The zero-order valence-corrected chi connectivity index (χ0v) is 15.9. The van der Waals surface area contributed by atoms with Gasteiger partial charge in [-0.3, -0.25) is 10.1 Å². The Morgan fingerprint density at radius 2 is 1.71 bits per heavy atom. The number of sulfonamides is 1. The summed E-state index contributed by atoms with van der Waals surface area (Å²) < 4.78 is 43.6. The lowest BCUT2D eigenvalue weighted by Crippen LogP contribution is -2.22. The topological polar surface area (TPSA) is 105 Å². The normalized spacial score (nSPS) is 11.6. The SMILES string of the molecule is CN(C)S(=O)(=O)c1ccc(-c2nnc(NC(=O)Cc3ccc(F)cc3)o2)cc1. The van der Waals surface area contributed by atoms with Crippen LogP contribution in [0.2, 0.25) is 0 Å². The van der Waals surface area contributed by atoms with E-state index in [0.717, 1.165) is 4.31 Å². The van der Waals surface area contributed by atoms with Crippen LogP contribution in [0.15, 0.2) is 57.8 Å². The maximum Gasteiger partial charge on any atom is 0.322 e. The highest BCUT2D eigenvalue weighted by Crippen LogP contribution is 2.22. The Morgan fingerprint density at radius 1 is 1.07 bits per heavy atom. The van der Waals surface area contributed by atoms with E-state index in [4.69, 9.17) is 4.42 Å². The maximum atomic E-state index is 12.9. The summed E-state index contributed by atoms with van der Waals surface area (Å²) in [7, 11) is -0.640. The molecule has 1 N–H and O–H groups in total. The van der Waals surface area contributed by atoms with Crippen molar-refractivity contribution in [3.05, 3.63) is 59.9 Å². The van der Waals surface area contributed by atoms with Crippen LogP contribution in [0.5, 0.6) is 0 Å². The Kier molecular flexibility index (Phi) is 5.52. The first-order valence-corrected chi connectivity index (χ1v) is 9.60. The molecule has 0 fully saturated rings. The van der Waals surface area contributed by atoms with Gasteiger partial charge in [-0.25, -0.2) is 17.1 Å². The van der Waals surface area contributed by atoms with Crippen molar-refractivity contribution in [1.29, 1.82) is 0 Å². The van der Waals surface area contributed by atoms with Crippen LogP contribution < -0.4 is 5.32 Å². The fraction of sp³-hybridized carbons (Fsp3) is 0.167. The Labute approximate surface area is 161 Å². The van der Waals surface area contributed by atoms with Crippen LogP contribution in [0.4, 0.5) is 10.4 Å². The van der Waals surface area contributed by atoms with Crippen LogP contribution in [0.25, 0.3) is 11.5 Å². The van der Waals surface area contributed by atoms with Crippen molar-refractivity contribution in [2.45, 2.75) is 11.3 Å². The minimum atomic E-state index is -3.53. The zero-order chi connectivity index (χ0) is 20.3. The van der Waals surface area contributed by atoms with E-state index in [2.05, 4.69) is 15.5 Å². The van der Waals surface area contributed by atoms with Crippen LogP contribution in [0.3, 0.4) is 0 Å². The lowest BCUT2D eigenvalue weighted by Gasteiger charge is -2.11. The second-order valence-corrected chi connectivity index (χ2v) is 8.23. The number of carbonyl (C=O) groups excluding carboxylic acids is 1. The molecule has 0 saturated heterocycles. The van der Waals surface area contributed by atoms with Gasteiger partial charge in [-0.05, 0) is 42.0 Å². The summed E-state index contributed by atoms with van der Waals surface area (Å²) in [6, 6.07) is 11.4. The summed E-state index contributed by atoms with van der Waals surface area (Å²) in [6.07, 6.45) is 0.0229. The third-order valence-corrected chi connectivity index (χ3v) is 5.66. The first-order valence-electron chi connectivity index (χ1n) is 8.16. The molecule has 8 nitrogen and oxygen atoms in total. The van der Waals surface area contributed by atoms with E-state index in [1.54, 1.807) is 0 Å². The molecule has 0 aliphatic carbocycles. The molecule has 0 aliphatic heterocycles. The van der Waals surface area contributed by atoms with E-state index in [9.17, 15) is 17.6 Å². The Hall–Kier alpha value is -3.11. The number of nitrogens with zero attached hydrogens (tertiary/aromatic N) is 3. The Morgan fingerprint density at radius 3 is 2.32 bits per heavy atom. The number of amides is 1. The van der Waals surface area contributed by atoms with Gasteiger partial charge in [0, 0.05) is 19.7 Å². The zero-order valence-electron chi connectivity index (χ0n) is 15.1. The number of hydrogen-bond acceptors (Lipinski definition) is 6. The third kappa shape index (κ3) is 4.41. The third-order valence-electron chi connectivity index (χ3n) is 3.83. The van der Waals surface area contributed by atoms with Gasteiger partial charge in [-0.1, -0.05) is 17.2 Å². The predicted molar refractivity (Wildman–Crippen MR) is 99.3 cm³/mol. The molecule has 0 spiro atoms. The highest BCUT2D eigenvalue weighted by Gasteiger charge is 2.18. The molecule has 3 aromatic rings. The molecule has 2 aromatic carbocycles. The molecular formula is C18H17FN4O4S. The van der Waals surface area contributed by atoms with Crippen LogP contribution >= 0.6 is 0 Å². The first kappa shape index (κ1) is 19.6. The second kappa shape index (κ2) is 7.87. The van der Waals surface area contributed by atoms with Crippen molar-refractivity contribution < 1.29 is 22.0 Å². The number of aromatic nitrogens is 2. The number of anilines is 1. The van der Waals surface area contributed by atoms with E-state index in [1.807, 2.05) is 0 Å². The number of nitrogens with one attached hydrogen (secondary N) is 1. The van der Waals surface area contributed by atoms with Gasteiger partial charge in [0.25, 0.3) is 0 Å². The van der Waals surface area contributed by atoms with Crippen LogP contribution in [0.1, 0.15) is 5.56 Å². The summed E-state index contributed by atoms with van der Waals surface area (Å²) >= 11 is 0. The van der Waals surface area contributed by atoms with Gasteiger partial charge in [0.2, 0.25) is 21.8 Å². The Balaban J connectivity index is 1.68. The molecule has 0 bridgehead atoms. The van der Waals surface area contributed by atoms with E-state index in [0.29, 0.717) is 11.1 Å². The smallest absolute Gasteiger partial charge is 0.322 e. The van der Waals surface area contributed by atoms with E-state index in [1.165, 1.54) is 62.6 Å². The van der Waals surface area contributed by atoms with Gasteiger partial charge in [-0.15, -0.1) is 5.10 Å². The fourth-order valence-electron chi connectivity index (χ4n) is 2.32. The average Bonchev–Trinajstić information content (AvgIpc) is 3.12. The van der Waals surface area contributed by atoms with E-state index < -0.39 is 15.9 Å². The summed E-state index contributed by atoms with van der Waals surface area (Å²) in [6.45, 7) is 0. The van der Waals surface area contributed by atoms with Crippen molar-refractivity contribution in [3.8, 4) is 11.5 Å². The lowest BCUT2D eigenvalue weighted by atomic mass is 10.1. The molecule has 3 rings (SSSR count). The molecule has 28 heavy (non-hydrogen) atoms. The molecule has 1 aromatic heterocycles. The number of benzene rings is 2. The summed E-state index contributed by atoms with van der Waals surface area (Å²) in [5, 5.41) is 10.1. The number of halogens is 1. The molecule has 1 heterocycles. The predicted octanol–water partition coefficient (Wildman–Crippen LogP) is 2.31. The second-order valence-electron chi connectivity index (χ2n) is 6.08. The quantitative estimate of drug-likeness (QED) is 0.676. The van der Waals surface area contributed by atoms with Crippen LogP contribution in [0, 0.1) is 5.82 Å². The average molecular weight is 404 g/mol. The highest BCUT2D eigenvalue weighted by molar-refractivity contribution is 7.89. The largest absolute Gasteiger partial charge is 0.403 e. The van der Waals surface area contributed by atoms with Gasteiger partial charge < -0.3 is 4.42 Å². The molecule has 0 radical (unpaired) electrons. The number of rotatable bonds is 6. The summed E-state index contributed by atoms with van der Waals surface area (Å²) in [5.41, 5.74) is 1.14. The van der Waals surface area contributed by atoms with E-state index >= 15 is 0 Å². The molecule has 0 aliphatic rings. The molecule has 0 unspecified atom stereocenters. The lowest BCUT2D eigenvalue weighted by molar-refractivity contribution is -0.115. The number of hydrogen-bond donors (Lipinski definition) is 1. The molecule has 1 amide bonds. The van der Waals surface area contributed by atoms with Crippen LogP contribution in [-0.2, 0) is 21.2 Å². The minimum absolute atomic E-state index is 0.0229. The maximum absolute atomic E-state index is 12.9. The van der Waals surface area contributed by atoms with Gasteiger partial charge in [0.15, 0.2) is 0 Å². The van der Waals surface area contributed by atoms with Gasteiger partial charge in [0.05, 0.1) is 11.3 Å². The summed E-state index contributed by atoms with van der Waals surface area (Å²) in [5.74, 6) is -0.643. The Bertz CT molecular complexity index is 1080. The van der Waals surface area contributed by atoms with Gasteiger partial charge in [-0.2, -0.15) is 0 Å². The molecule has 10 heteroatoms. The monoisotopic (exact) mass is 404 g/mol. The minimum Gasteiger partial charge on any atom is -0.403 e. The van der Waals surface area contributed by atoms with Gasteiger partial charge in [0.1, 0.15) is 5.82 Å².